The summed E-state index contributed by atoms with van der Waals surface area (Å²) in [6, 6.07) is 10.9. The molecule has 0 aromatic heterocycles. The first kappa shape index (κ1) is 16.7. The maximum atomic E-state index is 13.0. The molecule has 5 nitrogen and oxygen atoms in total. The van der Waals surface area contributed by atoms with Crippen LogP contribution in [0.1, 0.15) is 28.8 Å². The lowest BCUT2D eigenvalue weighted by Crippen LogP contribution is -2.37. The van der Waals surface area contributed by atoms with Crippen LogP contribution in [0.3, 0.4) is 0 Å². The first-order valence-electron chi connectivity index (χ1n) is 8.74. The van der Waals surface area contributed by atoms with Gasteiger partial charge in [0.15, 0.2) is 0 Å². The number of nitrogens with one attached hydrogen (secondary N) is 1. The normalized spacial score (nSPS) is 18.7. The predicted molar refractivity (Wildman–Crippen MR) is 95.8 cm³/mol. The minimum absolute atomic E-state index is 0.0109. The molecule has 2 aliphatic rings. The Morgan fingerprint density at radius 1 is 1.15 bits per heavy atom. The summed E-state index contributed by atoms with van der Waals surface area (Å²) in [5.74, 6) is -0.717. The van der Waals surface area contributed by atoms with Gasteiger partial charge < -0.3 is 15.0 Å². The maximum absolute atomic E-state index is 13.0. The number of ether oxygens (including phenoxy) is 1. The molecule has 0 radical (unpaired) electrons. The molecule has 0 unspecified atom stereocenters. The summed E-state index contributed by atoms with van der Waals surface area (Å²) in [5.41, 5.74) is 2.88. The van der Waals surface area contributed by atoms with Crippen molar-refractivity contribution in [3.05, 3.63) is 59.4 Å². The molecule has 2 amide bonds. The Morgan fingerprint density at radius 2 is 1.96 bits per heavy atom. The van der Waals surface area contributed by atoms with Crippen LogP contribution in [0, 0.1) is 5.82 Å². The highest BCUT2D eigenvalue weighted by Gasteiger charge is 2.32. The lowest BCUT2D eigenvalue weighted by molar-refractivity contribution is -0.127. The van der Waals surface area contributed by atoms with Crippen LogP contribution in [0.2, 0.25) is 0 Å². The fraction of sp³-hybridized carbons (Fsp3) is 0.300. The number of rotatable bonds is 3. The van der Waals surface area contributed by atoms with E-state index in [9.17, 15) is 14.0 Å². The van der Waals surface area contributed by atoms with Crippen molar-refractivity contribution in [1.82, 2.24) is 0 Å². The minimum Gasteiger partial charge on any atom is -0.368 e. The van der Waals surface area contributed by atoms with Gasteiger partial charge in [0.25, 0.3) is 11.8 Å². The second-order valence-corrected chi connectivity index (χ2v) is 6.55. The van der Waals surface area contributed by atoms with Gasteiger partial charge in [0.1, 0.15) is 11.9 Å². The molecule has 1 fully saturated rings. The zero-order valence-electron chi connectivity index (χ0n) is 14.2. The Bertz CT molecular complexity index is 845. The van der Waals surface area contributed by atoms with E-state index in [0.717, 1.165) is 30.5 Å². The molecule has 6 heteroatoms. The number of carbonyl (C=O) groups is 2. The Kier molecular flexibility index (Phi) is 4.42. The highest BCUT2D eigenvalue weighted by molar-refractivity contribution is 6.05. The van der Waals surface area contributed by atoms with Crippen LogP contribution in [0.15, 0.2) is 42.5 Å². The Hall–Kier alpha value is -2.73. The van der Waals surface area contributed by atoms with Gasteiger partial charge in [-0.05, 0) is 61.2 Å². The highest BCUT2D eigenvalue weighted by Crippen LogP contribution is 2.32. The van der Waals surface area contributed by atoms with E-state index in [4.69, 9.17) is 4.74 Å². The molecule has 1 saturated heterocycles. The van der Waals surface area contributed by atoms with Gasteiger partial charge in [-0.15, -0.1) is 0 Å². The van der Waals surface area contributed by atoms with Crippen LogP contribution in [0.5, 0.6) is 0 Å². The van der Waals surface area contributed by atoms with E-state index in [1.807, 2.05) is 18.2 Å². The number of anilines is 2. The predicted octanol–water partition coefficient (Wildman–Crippen LogP) is 3.15. The van der Waals surface area contributed by atoms with E-state index in [-0.39, 0.29) is 23.7 Å². The van der Waals surface area contributed by atoms with E-state index in [1.54, 1.807) is 4.90 Å². The third kappa shape index (κ3) is 3.20. The molecule has 0 spiro atoms. The monoisotopic (exact) mass is 354 g/mol. The standard InChI is InChI=1S/C20H19FN2O3/c21-15-6-3-14(4-7-15)19(24)22-16-8-5-13-9-10-23(17(13)12-16)20(25)18-2-1-11-26-18/h3-8,12,18H,1-2,9-11H2,(H,22,24)/t18-/m1/s1. The highest BCUT2D eigenvalue weighted by atomic mass is 19.1. The van der Waals surface area contributed by atoms with Gasteiger partial charge in [-0.3, -0.25) is 9.59 Å². The Balaban J connectivity index is 1.53. The number of carbonyl (C=O) groups excluding carboxylic acids is 2. The van der Waals surface area contributed by atoms with E-state index < -0.39 is 0 Å². The van der Waals surface area contributed by atoms with Crippen molar-refractivity contribution in [2.45, 2.75) is 25.4 Å². The van der Waals surface area contributed by atoms with Gasteiger partial charge in [-0.25, -0.2) is 4.39 Å². The molecule has 1 atom stereocenters. The summed E-state index contributed by atoms with van der Waals surface area (Å²) < 4.78 is 18.5. The van der Waals surface area contributed by atoms with Gasteiger partial charge >= 0.3 is 0 Å². The van der Waals surface area contributed by atoms with Crippen molar-refractivity contribution < 1.29 is 18.7 Å². The van der Waals surface area contributed by atoms with Crippen molar-refractivity contribution in [2.24, 2.45) is 0 Å². The molecule has 2 aromatic rings. The number of halogens is 1. The molecule has 134 valence electrons. The van der Waals surface area contributed by atoms with Crippen LogP contribution in [-0.4, -0.2) is 31.1 Å². The minimum atomic E-state index is -0.387. The number of benzene rings is 2. The molecule has 4 rings (SSSR count). The van der Waals surface area contributed by atoms with Crippen molar-refractivity contribution in [1.29, 1.82) is 0 Å². The van der Waals surface area contributed by atoms with Gasteiger partial charge in [-0.2, -0.15) is 0 Å². The van der Waals surface area contributed by atoms with Gasteiger partial charge in [0.2, 0.25) is 0 Å². The number of hydrogen-bond acceptors (Lipinski definition) is 3. The summed E-state index contributed by atoms with van der Waals surface area (Å²) >= 11 is 0. The fourth-order valence-electron chi connectivity index (χ4n) is 3.44. The quantitative estimate of drug-likeness (QED) is 0.921. The van der Waals surface area contributed by atoms with E-state index >= 15 is 0 Å². The Labute approximate surface area is 150 Å². The summed E-state index contributed by atoms with van der Waals surface area (Å²) in [7, 11) is 0. The molecular weight excluding hydrogens is 335 g/mol. The summed E-state index contributed by atoms with van der Waals surface area (Å²) in [6.45, 7) is 1.26. The molecule has 26 heavy (non-hydrogen) atoms. The average molecular weight is 354 g/mol. The van der Waals surface area contributed by atoms with Crippen LogP contribution in [0.4, 0.5) is 15.8 Å². The number of amides is 2. The molecule has 2 aromatic carbocycles. The molecule has 2 aliphatic heterocycles. The molecule has 0 aliphatic carbocycles. The summed E-state index contributed by atoms with van der Waals surface area (Å²) in [5, 5.41) is 2.81. The molecular formula is C20H19FN2O3. The van der Waals surface area contributed by atoms with Crippen molar-refractivity contribution in [3.8, 4) is 0 Å². The lowest BCUT2D eigenvalue weighted by atomic mass is 10.1. The second kappa shape index (κ2) is 6.88. The SMILES string of the molecule is O=C(Nc1ccc2c(c1)N(C(=O)[C@H]1CCCO1)CC2)c1ccc(F)cc1. The average Bonchev–Trinajstić information content (AvgIpc) is 3.31. The van der Waals surface area contributed by atoms with E-state index in [0.29, 0.717) is 24.4 Å². The fourth-order valence-corrected chi connectivity index (χ4v) is 3.44. The largest absolute Gasteiger partial charge is 0.368 e. The smallest absolute Gasteiger partial charge is 0.256 e. The molecule has 2 heterocycles. The van der Waals surface area contributed by atoms with Crippen LogP contribution in [-0.2, 0) is 16.0 Å². The van der Waals surface area contributed by atoms with Gasteiger partial charge in [-0.1, -0.05) is 6.07 Å². The lowest BCUT2D eigenvalue weighted by Gasteiger charge is -2.21. The maximum Gasteiger partial charge on any atom is 0.256 e. The molecule has 0 bridgehead atoms. The van der Waals surface area contributed by atoms with Crippen molar-refractivity contribution in [2.75, 3.05) is 23.4 Å². The zero-order valence-corrected chi connectivity index (χ0v) is 14.2. The number of nitrogens with zero attached hydrogens (tertiary/aromatic N) is 1. The van der Waals surface area contributed by atoms with Crippen LogP contribution >= 0.6 is 0 Å². The van der Waals surface area contributed by atoms with E-state index in [1.165, 1.54) is 24.3 Å². The van der Waals surface area contributed by atoms with Crippen molar-refractivity contribution >= 4 is 23.2 Å². The third-order valence-corrected chi connectivity index (χ3v) is 4.82. The van der Waals surface area contributed by atoms with Gasteiger partial charge in [0.05, 0.1) is 0 Å². The Morgan fingerprint density at radius 3 is 2.69 bits per heavy atom. The molecule has 0 saturated carbocycles. The molecule has 1 N–H and O–H groups in total. The topological polar surface area (TPSA) is 58.6 Å². The summed E-state index contributed by atoms with van der Waals surface area (Å²) in [4.78, 5) is 26.7. The zero-order chi connectivity index (χ0) is 18.1. The first-order valence-corrected chi connectivity index (χ1v) is 8.74. The van der Waals surface area contributed by atoms with E-state index in [2.05, 4.69) is 5.32 Å². The number of hydrogen-bond donors (Lipinski definition) is 1. The second-order valence-electron chi connectivity index (χ2n) is 6.55. The number of fused-ring (bicyclic) bond motifs is 1. The first-order chi connectivity index (χ1) is 12.6. The van der Waals surface area contributed by atoms with Crippen LogP contribution < -0.4 is 10.2 Å². The van der Waals surface area contributed by atoms with Crippen molar-refractivity contribution in [3.63, 3.8) is 0 Å². The van der Waals surface area contributed by atoms with Crippen LogP contribution in [0.25, 0.3) is 0 Å². The summed E-state index contributed by atoms with van der Waals surface area (Å²) in [6.07, 6.45) is 2.09. The third-order valence-electron chi connectivity index (χ3n) is 4.82. The van der Waals surface area contributed by atoms with Gasteiger partial charge in [0, 0.05) is 30.1 Å².